The van der Waals surface area contributed by atoms with Gasteiger partial charge in [0.05, 0.1) is 22.4 Å². The molecule has 0 N–H and O–H groups in total. The van der Waals surface area contributed by atoms with Crippen LogP contribution in [0, 0.1) is 26.1 Å². The van der Waals surface area contributed by atoms with Crippen molar-refractivity contribution in [3.63, 3.8) is 0 Å². The highest BCUT2D eigenvalue weighted by atomic mass is 32.2. The van der Waals surface area contributed by atoms with Gasteiger partial charge < -0.3 is 13.9 Å². The van der Waals surface area contributed by atoms with Crippen molar-refractivity contribution in [2.45, 2.75) is 51.5 Å². The number of esters is 1. The van der Waals surface area contributed by atoms with E-state index in [4.69, 9.17) is 13.9 Å². The molecule has 382 valence electrons. The zero-order valence-corrected chi connectivity index (χ0v) is 44.1. The van der Waals surface area contributed by atoms with Gasteiger partial charge in [-0.25, -0.2) is 9.59 Å². The number of rotatable bonds is 20. The summed E-state index contributed by atoms with van der Waals surface area (Å²) >= 11 is 0.824. The van der Waals surface area contributed by atoms with Crippen molar-refractivity contribution in [2.75, 3.05) is 12.4 Å². The zero-order valence-electron chi connectivity index (χ0n) is 41.4. The summed E-state index contributed by atoms with van der Waals surface area (Å²) in [5, 5.41) is 25.5. The van der Waals surface area contributed by atoms with E-state index in [1.165, 1.54) is 53.4 Å². The van der Waals surface area contributed by atoms with Crippen molar-refractivity contribution in [3.8, 4) is 0 Å². The third-order valence-corrected chi connectivity index (χ3v) is 23.2. The first-order valence-corrected chi connectivity index (χ1v) is 28.8. The van der Waals surface area contributed by atoms with Crippen molar-refractivity contribution < 1.29 is 42.9 Å². The van der Waals surface area contributed by atoms with E-state index < -0.39 is 71.6 Å². The van der Waals surface area contributed by atoms with Crippen LogP contribution in [0.25, 0.3) is 0 Å². The number of β-lactam (4-membered cyclic amide) rings is 1. The molecular weight excluding hydrogens is 1010 g/mol. The van der Waals surface area contributed by atoms with Gasteiger partial charge in [-0.2, -0.15) is 0 Å². The van der Waals surface area contributed by atoms with E-state index in [-0.39, 0.29) is 42.2 Å². The second kappa shape index (κ2) is 23.6. The molecule has 14 nitrogen and oxygen atoms in total. The highest BCUT2D eigenvalue weighted by Crippen LogP contribution is 2.50. The number of nitro groups is 2. The molecule has 0 radical (unpaired) electrons. The number of ether oxygens (including phenoxy) is 2. The van der Waals surface area contributed by atoms with Crippen molar-refractivity contribution in [3.05, 3.63) is 232 Å². The van der Waals surface area contributed by atoms with Crippen LogP contribution in [0.5, 0.6) is 0 Å². The molecule has 0 spiro atoms. The Hall–Kier alpha value is -7.75. The molecule has 0 aliphatic carbocycles. The number of carbonyl (C=O) groups is 4. The largest absolute Gasteiger partial charge is 0.456 e. The van der Waals surface area contributed by atoms with Crippen LogP contribution in [0.4, 0.5) is 16.2 Å². The van der Waals surface area contributed by atoms with E-state index in [1.807, 2.05) is 152 Å². The van der Waals surface area contributed by atoms with Crippen LogP contribution in [0.2, 0.25) is 5.04 Å². The van der Waals surface area contributed by atoms with Gasteiger partial charge in [-0.15, -0.1) is 0 Å². The molecular formula is C58H54N3O11PSSi. The molecule has 8 rings (SSSR count). The van der Waals surface area contributed by atoms with Crippen molar-refractivity contribution in [1.29, 1.82) is 0 Å². The Bertz CT molecular complexity index is 3080. The maximum atomic E-state index is 15.7. The number of non-ortho nitro benzene ring substituents is 2. The standard InChI is InChI=1S/C58H54N3O11PSSi/c1-58(2,3)75(49-25-15-7-16-26-49,50-27-17-8-18-28-50)72-41-52(62)53-51(37-38-74-57(65)71-40-43-31-35-45(36-32-43)61(68)69)54(63)59(53)55(56(64)70-39-42-29-33-44(34-30-42)60(66)67)73(46-19-9-4-10-20-46,47-21-11-5-12-22-47)48-23-13-6-14-24-48/h4-36,51,53H,37-41H2,1-3H3/t51-,53+/m0/s1. The van der Waals surface area contributed by atoms with Crippen LogP contribution in [0.15, 0.2) is 200 Å². The van der Waals surface area contributed by atoms with Gasteiger partial charge >= 0.3 is 11.3 Å². The Kier molecular flexibility index (Phi) is 16.9. The van der Waals surface area contributed by atoms with Gasteiger partial charge in [-0.3, -0.25) is 34.7 Å². The predicted octanol–water partition coefficient (Wildman–Crippen LogP) is 9.10. The number of nitro benzene ring substituents is 2. The summed E-state index contributed by atoms with van der Waals surface area (Å²) in [6.07, 6.45) is 0.0286. The number of hydrogen-bond acceptors (Lipinski definition) is 12. The molecule has 1 heterocycles. The highest BCUT2D eigenvalue weighted by molar-refractivity contribution is 8.13. The number of benzene rings is 7. The second-order valence-corrected chi connectivity index (χ2v) is 27.4. The van der Waals surface area contributed by atoms with Crippen LogP contribution in [-0.4, -0.2) is 69.8 Å². The molecule has 1 amide bonds. The number of likely N-dealkylation sites (tertiary alicyclic amines) is 1. The molecule has 0 bridgehead atoms. The van der Waals surface area contributed by atoms with E-state index in [2.05, 4.69) is 20.8 Å². The predicted molar refractivity (Wildman–Crippen MR) is 296 cm³/mol. The molecule has 1 fully saturated rings. The number of thioether (sulfide) groups is 1. The van der Waals surface area contributed by atoms with Crippen LogP contribution < -0.4 is 26.3 Å². The normalized spacial score (nSPS) is 14.5. The lowest BCUT2D eigenvalue weighted by atomic mass is 9.82. The van der Waals surface area contributed by atoms with Crippen LogP contribution in [-0.2, 0) is 41.5 Å². The molecule has 17 heteroatoms. The van der Waals surface area contributed by atoms with Crippen LogP contribution >= 0.6 is 18.6 Å². The number of carbonyl (C=O) groups excluding carboxylic acids is 4. The van der Waals surface area contributed by atoms with Gasteiger partial charge in [-0.1, -0.05) is 172 Å². The monoisotopic (exact) mass is 1060 g/mol. The SMILES string of the molecule is CC(C)(C)[Si](OCC(=O)[C@H]1[C@H](CCSC(=O)OCc2ccc([N+](=O)[O-])cc2)C(=O)N1C(C(=O)OCc1ccc([N+](=O)[O-])cc1)=P(c1ccccc1)(c1ccccc1)c1ccccc1)(c1ccccc1)c1ccccc1. The van der Waals surface area contributed by atoms with Crippen LogP contribution in [0.3, 0.4) is 0 Å². The minimum atomic E-state index is -3.53. The first kappa shape index (κ1) is 53.5. The number of nitrogens with zero attached hydrogens (tertiary/aromatic N) is 3. The summed E-state index contributed by atoms with van der Waals surface area (Å²) in [4.78, 5) is 83.2. The fourth-order valence-electron chi connectivity index (χ4n) is 9.72. The quantitative estimate of drug-likeness (QED) is 0.0176. The summed E-state index contributed by atoms with van der Waals surface area (Å²) in [6.45, 7) is 1.84. The summed E-state index contributed by atoms with van der Waals surface area (Å²) in [6, 6.07) is 57.8. The Morgan fingerprint density at radius 3 is 1.40 bits per heavy atom. The molecule has 1 aliphatic rings. The minimum absolute atomic E-state index is 0.0286. The maximum Gasteiger partial charge on any atom is 0.367 e. The van der Waals surface area contributed by atoms with Crippen LogP contribution in [0.1, 0.15) is 38.3 Å². The third kappa shape index (κ3) is 11.3. The van der Waals surface area contributed by atoms with E-state index in [9.17, 15) is 25.0 Å². The smallest absolute Gasteiger partial charge is 0.367 e. The topological polar surface area (TPSA) is 185 Å². The average Bonchev–Trinajstić information content (AvgIpc) is 3.43. The first-order chi connectivity index (χ1) is 36.2. The molecule has 1 saturated heterocycles. The first-order valence-electron chi connectivity index (χ1n) is 24.1. The minimum Gasteiger partial charge on any atom is -0.456 e. The lowest BCUT2D eigenvalue weighted by molar-refractivity contribution is -0.385. The summed E-state index contributed by atoms with van der Waals surface area (Å²) in [5.74, 6) is -2.85. The molecule has 0 saturated carbocycles. The van der Waals surface area contributed by atoms with Gasteiger partial charge in [0.25, 0.3) is 19.7 Å². The molecule has 1 aliphatic heterocycles. The molecule has 75 heavy (non-hydrogen) atoms. The Morgan fingerprint density at radius 1 is 0.600 bits per heavy atom. The van der Waals surface area contributed by atoms with Gasteiger partial charge in [0.1, 0.15) is 24.7 Å². The lowest BCUT2D eigenvalue weighted by Crippen LogP contribution is -2.70. The number of ketones is 1. The fraction of sp³-hybridized carbons (Fsp3) is 0.190. The number of Topliss-reactive ketones (excluding diaryl/α,β-unsaturated/α-hetero) is 1. The Morgan fingerprint density at radius 2 is 1.00 bits per heavy atom. The van der Waals surface area contributed by atoms with Gasteiger partial charge in [0, 0.05) is 36.9 Å². The van der Waals surface area contributed by atoms with Crippen molar-refractivity contribution in [2.24, 2.45) is 5.92 Å². The molecule has 7 aromatic carbocycles. The Labute approximate surface area is 440 Å². The van der Waals surface area contributed by atoms with E-state index in [0.717, 1.165) is 22.1 Å². The van der Waals surface area contributed by atoms with Gasteiger partial charge in [0.15, 0.2) is 5.78 Å². The molecule has 2 atom stereocenters. The molecule has 0 aromatic heterocycles. The fourth-order valence-corrected chi connectivity index (χ4v) is 19.3. The summed E-state index contributed by atoms with van der Waals surface area (Å²) < 4.78 is 19.0. The Balaban J connectivity index is 1.26. The highest BCUT2D eigenvalue weighted by Gasteiger charge is 2.57. The van der Waals surface area contributed by atoms with Crippen molar-refractivity contribution in [1.82, 2.24) is 4.90 Å². The van der Waals surface area contributed by atoms with Gasteiger partial charge in [0.2, 0.25) is 5.91 Å². The number of hydrogen-bond donors (Lipinski definition) is 0. The van der Waals surface area contributed by atoms with E-state index in [1.54, 1.807) is 0 Å². The number of amides is 1. The maximum absolute atomic E-state index is 15.7. The zero-order chi connectivity index (χ0) is 53.2. The van der Waals surface area contributed by atoms with Crippen molar-refractivity contribution >= 4 is 93.0 Å². The average molecular weight is 1060 g/mol. The molecule has 0 unspecified atom stereocenters. The third-order valence-electron chi connectivity index (χ3n) is 13.2. The van der Waals surface area contributed by atoms with E-state index >= 15 is 14.4 Å². The van der Waals surface area contributed by atoms with Gasteiger partial charge in [-0.05, 0) is 84.9 Å². The molecule has 7 aromatic rings. The summed E-state index contributed by atoms with van der Waals surface area (Å²) in [7, 11) is -3.36. The second-order valence-electron chi connectivity index (χ2n) is 18.8. The van der Waals surface area contributed by atoms with E-state index in [0.29, 0.717) is 27.0 Å². The summed E-state index contributed by atoms with van der Waals surface area (Å²) in [5.41, 5.74) is 0.695. The lowest BCUT2D eigenvalue weighted by Gasteiger charge is -2.49.